The average Bonchev–Trinajstić information content (AvgIpc) is 2.18. The molecule has 1 aromatic heterocycles. The Morgan fingerprint density at radius 3 is 3.07 bits per heavy atom. The largest absolute Gasteiger partial charge is 0.396 e. The highest BCUT2D eigenvalue weighted by atomic mass is 16.6. The molecule has 6 heteroatoms. The van der Waals surface area contributed by atoms with Crippen LogP contribution in [-0.4, -0.2) is 27.7 Å². The molecule has 1 atom stereocenters. The van der Waals surface area contributed by atoms with E-state index in [0.717, 1.165) is 0 Å². The first-order valence-electron chi connectivity index (χ1n) is 4.62. The lowest BCUT2D eigenvalue weighted by Crippen LogP contribution is -2.17. The zero-order valence-electron chi connectivity index (χ0n) is 8.38. The summed E-state index contributed by atoms with van der Waals surface area (Å²) in [5, 5.41) is 22.2. The van der Waals surface area contributed by atoms with Crippen LogP contribution in [0.5, 0.6) is 0 Å². The van der Waals surface area contributed by atoms with E-state index in [-0.39, 0.29) is 18.5 Å². The number of aromatic nitrogens is 1. The highest BCUT2D eigenvalue weighted by Crippen LogP contribution is 2.21. The van der Waals surface area contributed by atoms with Gasteiger partial charge in [0, 0.05) is 12.6 Å². The second-order valence-corrected chi connectivity index (χ2v) is 3.19. The molecule has 82 valence electrons. The molecular formula is C9H13N3O3. The van der Waals surface area contributed by atoms with Crippen molar-refractivity contribution in [2.75, 3.05) is 11.9 Å². The van der Waals surface area contributed by atoms with E-state index in [1.807, 2.05) is 6.92 Å². The molecule has 0 saturated heterocycles. The molecule has 2 N–H and O–H groups in total. The molecule has 0 spiro atoms. The van der Waals surface area contributed by atoms with Gasteiger partial charge in [-0.1, -0.05) is 0 Å². The lowest BCUT2D eigenvalue weighted by Gasteiger charge is -2.12. The molecule has 0 bridgehead atoms. The number of nitro groups is 1. The van der Waals surface area contributed by atoms with Crippen LogP contribution in [0.1, 0.15) is 13.3 Å². The lowest BCUT2D eigenvalue weighted by molar-refractivity contribution is -0.388. The number of pyridine rings is 1. The van der Waals surface area contributed by atoms with E-state index in [2.05, 4.69) is 10.3 Å². The normalized spacial score (nSPS) is 12.1. The first kappa shape index (κ1) is 11.4. The van der Waals surface area contributed by atoms with Crippen molar-refractivity contribution in [2.24, 2.45) is 0 Å². The van der Waals surface area contributed by atoms with Gasteiger partial charge < -0.3 is 20.5 Å². The fourth-order valence-electron chi connectivity index (χ4n) is 1.19. The van der Waals surface area contributed by atoms with Gasteiger partial charge in [-0.3, -0.25) is 0 Å². The number of nitrogens with one attached hydrogen (secondary N) is 1. The highest BCUT2D eigenvalue weighted by molar-refractivity contribution is 5.56. The van der Waals surface area contributed by atoms with E-state index in [1.165, 1.54) is 6.20 Å². The van der Waals surface area contributed by atoms with Crippen molar-refractivity contribution in [2.45, 2.75) is 19.4 Å². The van der Waals surface area contributed by atoms with Crippen LogP contribution < -0.4 is 5.32 Å². The Labute approximate surface area is 87.1 Å². The third-order valence-corrected chi connectivity index (χ3v) is 1.92. The summed E-state index contributed by atoms with van der Waals surface area (Å²) in [6, 6.07) is 3.19. The molecule has 0 aliphatic carbocycles. The molecule has 0 aliphatic rings. The standard InChI is InChI=1S/C9H13N3O3/c1-7(4-6-13)11-8-3-2-5-10-9(8)12(14)15/h2-3,5,7,11,13H,4,6H2,1H3. The fraction of sp³-hybridized carbons (Fsp3) is 0.444. The van der Waals surface area contributed by atoms with Crippen molar-refractivity contribution in [1.82, 2.24) is 4.98 Å². The predicted molar refractivity (Wildman–Crippen MR) is 55.7 cm³/mol. The summed E-state index contributed by atoms with van der Waals surface area (Å²) in [5.41, 5.74) is 0.378. The van der Waals surface area contributed by atoms with Crippen LogP contribution >= 0.6 is 0 Å². The van der Waals surface area contributed by atoms with Crippen LogP contribution in [0.3, 0.4) is 0 Å². The van der Waals surface area contributed by atoms with E-state index in [4.69, 9.17) is 5.11 Å². The Bertz CT molecular complexity index is 343. The van der Waals surface area contributed by atoms with Crippen LogP contribution in [-0.2, 0) is 0 Å². The summed E-state index contributed by atoms with van der Waals surface area (Å²) in [6.45, 7) is 1.88. The minimum Gasteiger partial charge on any atom is -0.396 e. The maximum absolute atomic E-state index is 10.6. The van der Waals surface area contributed by atoms with Gasteiger partial charge in [-0.25, -0.2) is 0 Å². The van der Waals surface area contributed by atoms with Crippen LogP contribution in [0.4, 0.5) is 11.5 Å². The minimum absolute atomic E-state index is 0.0297. The maximum atomic E-state index is 10.6. The summed E-state index contributed by atoms with van der Waals surface area (Å²) < 4.78 is 0. The smallest absolute Gasteiger partial charge is 0.386 e. The summed E-state index contributed by atoms with van der Waals surface area (Å²) >= 11 is 0. The molecule has 15 heavy (non-hydrogen) atoms. The van der Waals surface area contributed by atoms with Gasteiger partial charge in [0.2, 0.25) is 0 Å². The Morgan fingerprint density at radius 1 is 1.73 bits per heavy atom. The first-order valence-corrected chi connectivity index (χ1v) is 4.62. The summed E-state index contributed by atoms with van der Waals surface area (Å²) in [6.07, 6.45) is 1.91. The van der Waals surface area contributed by atoms with Crippen molar-refractivity contribution in [3.63, 3.8) is 0 Å². The number of rotatable bonds is 5. The number of nitrogens with zero attached hydrogens (tertiary/aromatic N) is 2. The zero-order chi connectivity index (χ0) is 11.3. The van der Waals surface area contributed by atoms with Crippen LogP contribution in [0.25, 0.3) is 0 Å². The molecule has 1 rings (SSSR count). The van der Waals surface area contributed by atoms with Gasteiger partial charge in [0.05, 0.1) is 0 Å². The summed E-state index contributed by atoms with van der Waals surface area (Å²) in [4.78, 5) is 13.7. The average molecular weight is 211 g/mol. The molecule has 0 radical (unpaired) electrons. The second kappa shape index (κ2) is 5.26. The van der Waals surface area contributed by atoms with Crippen LogP contribution in [0, 0.1) is 10.1 Å². The summed E-state index contributed by atoms with van der Waals surface area (Å²) in [7, 11) is 0. The van der Waals surface area contributed by atoms with Gasteiger partial charge >= 0.3 is 5.82 Å². The SMILES string of the molecule is CC(CCO)Nc1cccnc1[N+](=O)[O-]. The van der Waals surface area contributed by atoms with E-state index in [1.54, 1.807) is 12.1 Å². The molecule has 1 unspecified atom stereocenters. The summed E-state index contributed by atoms with van der Waals surface area (Å²) in [5.74, 6) is -0.192. The predicted octanol–water partition coefficient (Wildman–Crippen LogP) is 1.17. The third kappa shape index (κ3) is 3.17. The van der Waals surface area contributed by atoms with Gasteiger partial charge in [-0.15, -0.1) is 0 Å². The van der Waals surface area contributed by atoms with Crippen molar-refractivity contribution in [3.05, 3.63) is 28.4 Å². The van der Waals surface area contributed by atoms with E-state index < -0.39 is 4.92 Å². The minimum atomic E-state index is -0.534. The fourth-order valence-corrected chi connectivity index (χ4v) is 1.19. The molecule has 1 heterocycles. The van der Waals surface area contributed by atoms with Gasteiger partial charge in [0.15, 0.2) is 0 Å². The van der Waals surface area contributed by atoms with Crippen LogP contribution in [0.15, 0.2) is 18.3 Å². The van der Waals surface area contributed by atoms with Crippen molar-refractivity contribution in [1.29, 1.82) is 0 Å². The Kier molecular flexibility index (Phi) is 3.99. The topological polar surface area (TPSA) is 88.3 Å². The van der Waals surface area contributed by atoms with Gasteiger partial charge in [0.25, 0.3) is 0 Å². The molecule has 0 saturated carbocycles. The first-order chi connectivity index (χ1) is 7.15. The third-order valence-electron chi connectivity index (χ3n) is 1.92. The van der Waals surface area contributed by atoms with Gasteiger partial charge in [-0.05, 0) is 35.4 Å². The monoisotopic (exact) mass is 211 g/mol. The van der Waals surface area contributed by atoms with Crippen molar-refractivity contribution < 1.29 is 10.0 Å². The number of anilines is 1. The van der Waals surface area contributed by atoms with Crippen molar-refractivity contribution in [3.8, 4) is 0 Å². The molecule has 0 aromatic carbocycles. The van der Waals surface area contributed by atoms with Gasteiger partial charge in [-0.2, -0.15) is 0 Å². The number of aliphatic hydroxyl groups excluding tert-OH is 1. The number of hydrogen-bond donors (Lipinski definition) is 2. The van der Waals surface area contributed by atoms with E-state index in [9.17, 15) is 10.1 Å². The Morgan fingerprint density at radius 2 is 2.47 bits per heavy atom. The molecule has 6 nitrogen and oxygen atoms in total. The second-order valence-electron chi connectivity index (χ2n) is 3.19. The van der Waals surface area contributed by atoms with Gasteiger partial charge in [0.1, 0.15) is 11.9 Å². The van der Waals surface area contributed by atoms with E-state index in [0.29, 0.717) is 12.1 Å². The quantitative estimate of drug-likeness (QED) is 0.563. The van der Waals surface area contributed by atoms with Crippen molar-refractivity contribution >= 4 is 11.5 Å². The molecular weight excluding hydrogens is 198 g/mol. The van der Waals surface area contributed by atoms with Crippen LogP contribution in [0.2, 0.25) is 0 Å². The zero-order valence-corrected chi connectivity index (χ0v) is 8.38. The molecule has 1 aromatic rings. The Balaban J connectivity index is 2.79. The number of aliphatic hydroxyl groups is 1. The Hall–Kier alpha value is -1.69. The maximum Gasteiger partial charge on any atom is 0.386 e. The highest BCUT2D eigenvalue weighted by Gasteiger charge is 2.15. The molecule has 0 aliphatic heterocycles. The van der Waals surface area contributed by atoms with E-state index >= 15 is 0 Å². The molecule has 0 amide bonds. The molecule has 0 fully saturated rings. The number of hydrogen-bond acceptors (Lipinski definition) is 5. The lowest BCUT2D eigenvalue weighted by atomic mass is 10.2.